The number of aromatic nitrogens is 2. The summed E-state index contributed by atoms with van der Waals surface area (Å²) >= 11 is 5.76. The maximum Gasteiger partial charge on any atom is 0.222 e. The molecule has 1 aliphatic rings. The normalized spacial score (nSPS) is 13.8. The molecule has 142 valence electrons. The van der Waals surface area contributed by atoms with Gasteiger partial charge in [0, 0.05) is 49.1 Å². The number of hydrogen-bond acceptors (Lipinski definition) is 4. The lowest BCUT2D eigenvalue weighted by molar-refractivity contribution is -0.128. The number of carbonyl (C=O) groups excluding carboxylic acids is 1. The van der Waals surface area contributed by atoms with Crippen molar-refractivity contribution in [1.82, 2.24) is 14.9 Å². The van der Waals surface area contributed by atoms with Gasteiger partial charge in [-0.15, -0.1) is 0 Å². The second-order valence-corrected chi connectivity index (χ2v) is 6.90. The molecule has 1 fully saturated rings. The van der Waals surface area contributed by atoms with E-state index in [9.17, 15) is 9.18 Å². The number of carbonyl (C=O) groups is 1. The number of ether oxygens (including phenoxy) is 1. The van der Waals surface area contributed by atoms with Crippen LogP contribution in [0.4, 0.5) is 4.39 Å². The van der Waals surface area contributed by atoms with E-state index in [1.165, 1.54) is 12.1 Å². The Morgan fingerprint density at radius 1 is 1.14 bits per heavy atom. The second kappa shape index (κ2) is 7.94. The lowest BCUT2D eigenvalue weighted by Crippen LogP contribution is -2.24. The summed E-state index contributed by atoms with van der Waals surface area (Å²) in [5, 5.41) is 0.0293. The number of rotatable bonds is 5. The molecule has 28 heavy (non-hydrogen) atoms. The van der Waals surface area contributed by atoms with E-state index in [2.05, 4.69) is 9.97 Å². The molecule has 0 spiro atoms. The molecule has 0 saturated carbocycles. The van der Waals surface area contributed by atoms with Crippen molar-refractivity contribution in [3.63, 3.8) is 0 Å². The van der Waals surface area contributed by atoms with Gasteiger partial charge < -0.3 is 9.64 Å². The minimum Gasteiger partial charge on any atom is -0.457 e. The van der Waals surface area contributed by atoms with Crippen LogP contribution < -0.4 is 4.74 Å². The Morgan fingerprint density at radius 2 is 1.96 bits per heavy atom. The summed E-state index contributed by atoms with van der Waals surface area (Å²) < 4.78 is 19.8. The van der Waals surface area contributed by atoms with E-state index in [1.807, 2.05) is 12.1 Å². The van der Waals surface area contributed by atoms with E-state index in [0.29, 0.717) is 30.3 Å². The van der Waals surface area contributed by atoms with E-state index in [4.69, 9.17) is 16.3 Å². The Kier molecular flexibility index (Phi) is 5.21. The van der Waals surface area contributed by atoms with Crippen molar-refractivity contribution in [3.8, 4) is 22.9 Å². The summed E-state index contributed by atoms with van der Waals surface area (Å²) in [6.07, 6.45) is 4.74. The highest BCUT2D eigenvalue weighted by Crippen LogP contribution is 2.32. The SMILES string of the molecule is O=C1CCCN1Cc1ccc(-c2ncccn2)cc1Oc1ccc(Cl)c(F)c1. The average molecular weight is 398 g/mol. The van der Waals surface area contributed by atoms with Crippen molar-refractivity contribution >= 4 is 17.5 Å². The first-order valence-corrected chi connectivity index (χ1v) is 9.29. The van der Waals surface area contributed by atoms with Gasteiger partial charge in [0.1, 0.15) is 17.3 Å². The van der Waals surface area contributed by atoms with E-state index in [1.54, 1.807) is 35.5 Å². The summed E-state index contributed by atoms with van der Waals surface area (Å²) in [6.45, 7) is 1.15. The number of hydrogen-bond donors (Lipinski definition) is 0. The Hall–Kier alpha value is -2.99. The summed E-state index contributed by atoms with van der Waals surface area (Å²) in [6, 6.07) is 11.6. The van der Waals surface area contributed by atoms with Gasteiger partial charge >= 0.3 is 0 Å². The Balaban J connectivity index is 1.70. The van der Waals surface area contributed by atoms with Crippen LogP contribution in [0.2, 0.25) is 5.02 Å². The molecule has 7 heteroatoms. The summed E-state index contributed by atoms with van der Waals surface area (Å²) in [5.41, 5.74) is 1.59. The van der Waals surface area contributed by atoms with Crippen LogP contribution in [0, 0.1) is 5.82 Å². The first-order chi connectivity index (χ1) is 13.6. The predicted molar refractivity (Wildman–Crippen MR) is 104 cm³/mol. The third-order valence-corrected chi connectivity index (χ3v) is 4.85. The molecule has 1 saturated heterocycles. The molecule has 0 radical (unpaired) electrons. The van der Waals surface area contributed by atoms with Crippen LogP contribution in [0.25, 0.3) is 11.4 Å². The van der Waals surface area contributed by atoms with E-state index < -0.39 is 5.82 Å². The molecule has 0 bridgehead atoms. The van der Waals surface area contributed by atoms with Gasteiger partial charge in [0.15, 0.2) is 5.82 Å². The number of nitrogens with zero attached hydrogens (tertiary/aromatic N) is 3. The highest BCUT2D eigenvalue weighted by Gasteiger charge is 2.22. The minimum atomic E-state index is -0.557. The fourth-order valence-electron chi connectivity index (χ4n) is 3.11. The van der Waals surface area contributed by atoms with Gasteiger partial charge in [0.05, 0.1) is 5.02 Å². The van der Waals surface area contributed by atoms with Crippen LogP contribution in [-0.4, -0.2) is 27.3 Å². The molecule has 1 aliphatic heterocycles. The molecule has 1 aromatic heterocycles. The van der Waals surface area contributed by atoms with E-state index in [0.717, 1.165) is 24.1 Å². The Bertz CT molecular complexity index is 1010. The van der Waals surface area contributed by atoms with Crippen LogP contribution in [0.15, 0.2) is 54.9 Å². The van der Waals surface area contributed by atoms with Gasteiger partial charge in [0.25, 0.3) is 0 Å². The molecule has 5 nitrogen and oxygen atoms in total. The fourth-order valence-corrected chi connectivity index (χ4v) is 3.23. The van der Waals surface area contributed by atoms with Crippen molar-refractivity contribution in [2.45, 2.75) is 19.4 Å². The zero-order chi connectivity index (χ0) is 19.5. The second-order valence-electron chi connectivity index (χ2n) is 6.49. The third kappa shape index (κ3) is 3.97. The maximum absolute atomic E-state index is 13.8. The molecule has 2 heterocycles. The molecule has 0 aliphatic carbocycles. The van der Waals surface area contributed by atoms with Crippen molar-refractivity contribution < 1.29 is 13.9 Å². The molecule has 2 aromatic carbocycles. The van der Waals surface area contributed by atoms with Crippen LogP contribution in [0.1, 0.15) is 18.4 Å². The van der Waals surface area contributed by atoms with Gasteiger partial charge in [-0.25, -0.2) is 14.4 Å². The average Bonchev–Trinajstić information content (AvgIpc) is 3.11. The van der Waals surface area contributed by atoms with Crippen molar-refractivity contribution in [1.29, 1.82) is 0 Å². The third-order valence-electron chi connectivity index (χ3n) is 4.54. The number of halogens is 2. The van der Waals surface area contributed by atoms with E-state index >= 15 is 0 Å². The van der Waals surface area contributed by atoms with Crippen LogP contribution in [0.3, 0.4) is 0 Å². The summed E-state index contributed by atoms with van der Waals surface area (Å²) in [7, 11) is 0. The van der Waals surface area contributed by atoms with Crippen molar-refractivity contribution in [3.05, 3.63) is 71.3 Å². The highest BCUT2D eigenvalue weighted by atomic mass is 35.5. The monoisotopic (exact) mass is 397 g/mol. The fraction of sp³-hybridized carbons (Fsp3) is 0.190. The molecule has 3 aromatic rings. The molecule has 0 atom stereocenters. The van der Waals surface area contributed by atoms with Crippen molar-refractivity contribution in [2.24, 2.45) is 0 Å². The molecular weight excluding hydrogens is 381 g/mol. The number of likely N-dealkylation sites (tertiary alicyclic amines) is 1. The lowest BCUT2D eigenvalue weighted by atomic mass is 10.1. The summed E-state index contributed by atoms with van der Waals surface area (Å²) in [4.78, 5) is 22.3. The van der Waals surface area contributed by atoms with Gasteiger partial charge in [0.2, 0.25) is 5.91 Å². The molecular formula is C21H17ClFN3O2. The highest BCUT2D eigenvalue weighted by molar-refractivity contribution is 6.30. The largest absolute Gasteiger partial charge is 0.457 e. The van der Waals surface area contributed by atoms with Gasteiger partial charge in [-0.3, -0.25) is 4.79 Å². The van der Waals surface area contributed by atoms with E-state index in [-0.39, 0.29) is 10.9 Å². The molecule has 0 unspecified atom stereocenters. The zero-order valence-corrected chi connectivity index (χ0v) is 15.7. The van der Waals surface area contributed by atoms with Gasteiger partial charge in [-0.05, 0) is 30.7 Å². The Morgan fingerprint density at radius 3 is 2.68 bits per heavy atom. The first kappa shape index (κ1) is 18.4. The standard InChI is InChI=1S/C21H17ClFN3O2/c22-17-7-6-16(12-18(17)23)28-19-11-14(21-24-8-2-9-25-21)4-5-15(19)13-26-10-1-3-20(26)27/h2,4-9,11-12H,1,3,10,13H2. The zero-order valence-electron chi connectivity index (χ0n) is 14.9. The Labute approximate surface area is 166 Å². The number of amides is 1. The van der Waals surface area contributed by atoms with Gasteiger partial charge in [-0.1, -0.05) is 23.7 Å². The topological polar surface area (TPSA) is 55.3 Å². The van der Waals surface area contributed by atoms with Crippen molar-refractivity contribution in [2.75, 3.05) is 6.54 Å². The predicted octanol–water partition coefficient (Wildman–Crippen LogP) is 4.85. The molecule has 0 N–H and O–H groups in total. The van der Waals surface area contributed by atoms with Crippen LogP contribution in [0.5, 0.6) is 11.5 Å². The molecule has 1 amide bonds. The maximum atomic E-state index is 13.8. The van der Waals surface area contributed by atoms with Gasteiger partial charge in [-0.2, -0.15) is 0 Å². The quantitative estimate of drug-likeness (QED) is 0.617. The number of benzene rings is 2. The first-order valence-electron chi connectivity index (χ1n) is 8.91. The van der Waals surface area contributed by atoms with Crippen LogP contribution in [-0.2, 0) is 11.3 Å². The summed E-state index contributed by atoms with van der Waals surface area (Å²) in [5.74, 6) is 0.962. The van der Waals surface area contributed by atoms with Crippen LogP contribution >= 0.6 is 11.6 Å². The molecule has 4 rings (SSSR count). The minimum absolute atomic E-state index is 0.0293. The lowest BCUT2D eigenvalue weighted by Gasteiger charge is -2.19. The smallest absolute Gasteiger partial charge is 0.222 e.